The average Bonchev–Trinajstić information content (AvgIpc) is 2.18. The second-order valence-electron chi connectivity index (χ2n) is 3.35. The topological polar surface area (TPSA) is 29.5 Å². The summed E-state index contributed by atoms with van der Waals surface area (Å²) < 4.78 is 5.37. The average molecular weight is 223 g/mol. The highest BCUT2D eigenvalue weighted by Gasteiger charge is 2.04. The van der Waals surface area contributed by atoms with Gasteiger partial charge in [0.2, 0.25) is 0 Å². The van der Waals surface area contributed by atoms with Crippen LogP contribution in [0.2, 0.25) is 0 Å². The number of hydrogen-bond donors (Lipinski definition) is 0. The molecule has 0 unspecified atom stereocenters. The van der Waals surface area contributed by atoms with Crippen LogP contribution in [0.4, 0.5) is 0 Å². The van der Waals surface area contributed by atoms with Crippen molar-refractivity contribution in [3.05, 3.63) is 29.8 Å². The zero-order valence-electron chi connectivity index (χ0n) is 8.98. The standard InChI is InChI=1S/C11H13NO2S/c1-8(13)9-5-4-6-10(7-9)14-11(15)12(2)3/h4-7H,1-3H3. The molecule has 80 valence electrons. The van der Waals surface area contributed by atoms with E-state index in [-0.39, 0.29) is 5.78 Å². The number of Topliss-reactive ketones (excluding diaryl/α,β-unsaturated/α-hetero) is 1. The van der Waals surface area contributed by atoms with Crippen LogP contribution in [0.25, 0.3) is 0 Å². The molecule has 1 rings (SSSR count). The van der Waals surface area contributed by atoms with Gasteiger partial charge in [-0.1, -0.05) is 12.1 Å². The molecule has 0 atom stereocenters. The summed E-state index contributed by atoms with van der Waals surface area (Å²) in [5, 5.41) is 0.371. The van der Waals surface area contributed by atoms with E-state index in [0.29, 0.717) is 16.5 Å². The second kappa shape index (κ2) is 4.89. The van der Waals surface area contributed by atoms with Gasteiger partial charge in [-0.15, -0.1) is 0 Å². The summed E-state index contributed by atoms with van der Waals surface area (Å²) in [5.41, 5.74) is 0.619. The number of benzene rings is 1. The van der Waals surface area contributed by atoms with E-state index >= 15 is 0 Å². The fourth-order valence-corrected chi connectivity index (χ4v) is 1.07. The van der Waals surface area contributed by atoms with Crippen LogP contribution in [-0.4, -0.2) is 30.0 Å². The lowest BCUT2D eigenvalue weighted by molar-refractivity contribution is 0.101. The van der Waals surface area contributed by atoms with E-state index in [9.17, 15) is 4.79 Å². The van der Waals surface area contributed by atoms with Crippen LogP contribution < -0.4 is 4.74 Å². The monoisotopic (exact) mass is 223 g/mol. The third-order valence-electron chi connectivity index (χ3n) is 1.81. The molecule has 0 saturated carbocycles. The Labute approximate surface area is 94.6 Å². The largest absolute Gasteiger partial charge is 0.432 e. The van der Waals surface area contributed by atoms with Gasteiger partial charge in [0.1, 0.15) is 5.75 Å². The SMILES string of the molecule is CC(=O)c1cccc(OC(=S)N(C)C)c1. The smallest absolute Gasteiger partial charge is 0.264 e. The third-order valence-corrected chi connectivity index (χ3v) is 2.26. The van der Waals surface area contributed by atoms with E-state index in [4.69, 9.17) is 17.0 Å². The van der Waals surface area contributed by atoms with Crippen molar-refractivity contribution in [3.63, 3.8) is 0 Å². The highest BCUT2D eigenvalue weighted by atomic mass is 32.1. The molecule has 0 aliphatic heterocycles. The first-order chi connectivity index (χ1) is 7.00. The molecule has 0 aromatic heterocycles. The zero-order chi connectivity index (χ0) is 11.4. The summed E-state index contributed by atoms with van der Waals surface area (Å²) in [6.45, 7) is 1.52. The summed E-state index contributed by atoms with van der Waals surface area (Å²) in [7, 11) is 3.61. The van der Waals surface area contributed by atoms with Crippen molar-refractivity contribution < 1.29 is 9.53 Å². The molecule has 1 aromatic carbocycles. The lowest BCUT2D eigenvalue weighted by atomic mass is 10.1. The van der Waals surface area contributed by atoms with Gasteiger partial charge >= 0.3 is 0 Å². The molecule has 0 bridgehead atoms. The number of ketones is 1. The first-order valence-electron chi connectivity index (χ1n) is 4.51. The Kier molecular flexibility index (Phi) is 3.80. The highest BCUT2D eigenvalue weighted by Crippen LogP contribution is 2.14. The molecule has 0 radical (unpaired) electrons. The molecule has 0 N–H and O–H groups in total. The van der Waals surface area contributed by atoms with Gasteiger partial charge in [-0.25, -0.2) is 0 Å². The molecular weight excluding hydrogens is 210 g/mol. The van der Waals surface area contributed by atoms with Gasteiger partial charge in [-0.2, -0.15) is 0 Å². The van der Waals surface area contributed by atoms with Gasteiger partial charge in [0, 0.05) is 19.7 Å². The molecule has 0 aliphatic rings. The Morgan fingerprint density at radius 2 is 2.07 bits per heavy atom. The molecule has 0 heterocycles. The summed E-state index contributed by atoms with van der Waals surface area (Å²) in [5.74, 6) is 0.595. The fourth-order valence-electron chi connectivity index (χ4n) is 0.971. The van der Waals surface area contributed by atoms with Crippen molar-refractivity contribution >= 4 is 23.2 Å². The van der Waals surface area contributed by atoms with Crippen molar-refractivity contribution in [2.45, 2.75) is 6.92 Å². The van der Waals surface area contributed by atoms with E-state index in [0.717, 1.165) is 0 Å². The normalized spacial score (nSPS) is 9.53. The van der Waals surface area contributed by atoms with Crippen molar-refractivity contribution in [2.75, 3.05) is 14.1 Å². The first-order valence-corrected chi connectivity index (χ1v) is 4.91. The van der Waals surface area contributed by atoms with Crippen LogP contribution in [-0.2, 0) is 0 Å². The van der Waals surface area contributed by atoms with Crippen LogP contribution in [0.5, 0.6) is 5.75 Å². The first kappa shape index (κ1) is 11.7. The summed E-state index contributed by atoms with van der Waals surface area (Å²) in [6.07, 6.45) is 0. The maximum absolute atomic E-state index is 11.1. The van der Waals surface area contributed by atoms with Gasteiger partial charge in [0.25, 0.3) is 5.17 Å². The minimum absolute atomic E-state index is 0.0104. The van der Waals surface area contributed by atoms with Crippen molar-refractivity contribution in [1.82, 2.24) is 4.90 Å². The lowest BCUT2D eigenvalue weighted by Gasteiger charge is -2.14. The number of thiocarbonyl (C=S) groups is 1. The van der Waals surface area contributed by atoms with Gasteiger partial charge in [0.15, 0.2) is 5.78 Å². The molecule has 4 heteroatoms. The lowest BCUT2D eigenvalue weighted by Crippen LogP contribution is -2.25. The number of carbonyl (C=O) groups is 1. The van der Waals surface area contributed by atoms with Gasteiger partial charge in [0.05, 0.1) is 0 Å². The molecule has 0 fully saturated rings. The highest BCUT2D eigenvalue weighted by molar-refractivity contribution is 7.80. The molecule has 1 aromatic rings. The number of nitrogens with zero attached hydrogens (tertiary/aromatic N) is 1. The predicted molar refractivity (Wildman–Crippen MR) is 63.4 cm³/mol. The number of rotatable bonds is 2. The molecule has 0 aliphatic carbocycles. The Morgan fingerprint density at radius 3 is 2.60 bits per heavy atom. The Balaban J connectivity index is 2.83. The minimum atomic E-state index is 0.0104. The molecule has 15 heavy (non-hydrogen) atoms. The quantitative estimate of drug-likeness (QED) is 0.567. The summed E-state index contributed by atoms with van der Waals surface area (Å²) >= 11 is 4.99. The van der Waals surface area contributed by atoms with Crippen LogP contribution in [0, 0.1) is 0 Å². The van der Waals surface area contributed by atoms with E-state index in [1.165, 1.54) is 6.92 Å². The zero-order valence-corrected chi connectivity index (χ0v) is 9.80. The minimum Gasteiger partial charge on any atom is -0.432 e. The molecule has 0 saturated heterocycles. The molecule has 3 nitrogen and oxygen atoms in total. The van der Waals surface area contributed by atoms with Gasteiger partial charge < -0.3 is 9.64 Å². The summed E-state index contributed by atoms with van der Waals surface area (Å²) in [6, 6.07) is 6.96. The second-order valence-corrected chi connectivity index (χ2v) is 3.70. The fraction of sp³-hybridized carbons (Fsp3) is 0.273. The molecule has 0 amide bonds. The Hall–Kier alpha value is -1.42. The predicted octanol–water partition coefficient (Wildman–Crippen LogP) is 2.11. The van der Waals surface area contributed by atoms with E-state index in [2.05, 4.69) is 0 Å². The van der Waals surface area contributed by atoms with E-state index < -0.39 is 0 Å². The summed E-state index contributed by atoms with van der Waals surface area (Å²) in [4.78, 5) is 12.8. The van der Waals surface area contributed by atoms with E-state index in [1.807, 2.05) is 0 Å². The van der Waals surface area contributed by atoms with Crippen molar-refractivity contribution in [2.24, 2.45) is 0 Å². The van der Waals surface area contributed by atoms with Crippen LogP contribution in [0.15, 0.2) is 24.3 Å². The van der Waals surface area contributed by atoms with Crippen molar-refractivity contribution in [1.29, 1.82) is 0 Å². The maximum Gasteiger partial charge on any atom is 0.264 e. The van der Waals surface area contributed by atoms with Gasteiger partial charge in [-0.05, 0) is 31.3 Å². The Bertz CT molecular complexity index is 388. The number of ether oxygens (including phenoxy) is 1. The molecular formula is C11H13NO2S. The van der Waals surface area contributed by atoms with Crippen LogP contribution in [0.1, 0.15) is 17.3 Å². The van der Waals surface area contributed by atoms with Gasteiger partial charge in [-0.3, -0.25) is 4.79 Å². The van der Waals surface area contributed by atoms with E-state index in [1.54, 1.807) is 43.3 Å². The van der Waals surface area contributed by atoms with Crippen molar-refractivity contribution in [3.8, 4) is 5.75 Å². The number of carbonyl (C=O) groups excluding carboxylic acids is 1. The van der Waals surface area contributed by atoms with Crippen LogP contribution in [0.3, 0.4) is 0 Å². The third kappa shape index (κ3) is 3.32. The van der Waals surface area contributed by atoms with Crippen LogP contribution >= 0.6 is 12.2 Å². The number of hydrogen-bond acceptors (Lipinski definition) is 3. The molecule has 0 spiro atoms. The maximum atomic E-state index is 11.1. The Morgan fingerprint density at radius 1 is 1.40 bits per heavy atom.